The maximum absolute atomic E-state index is 13.9. The van der Waals surface area contributed by atoms with Crippen molar-refractivity contribution in [2.75, 3.05) is 0 Å². The molecule has 0 bridgehead atoms. The minimum absolute atomic E-state index is 0.108. The zero-order valence-electron chi connectivity index (χ0n) is 9.78. The van der Waals surface area contributed by atoms with Crippen LogP contribution in [0, 0.1) is 18.6 Å². The SMILES string of the molecule is Cc1cc(C(O)c2c(F)ccc(Br)c2F)n(C)n1. The van der Waals surface area contributed by atoms with Crippen molar-refractivity contribution in [2.45, 2.75) is 13.0 Å². The Bertz CT molecular complexity index is 598. The van der Waals surface area contributed by atoms with Crippen molar-refractivity contribution in [1.29, 1.82) is 0 Å². The lowest BCUT2D eigenvalue weighted by atomic mass is 10.0. The number of rotatable bonds is 2. The predicted octanol–water partition coefficient (Wildman–Crippen LogP) is 2.85. The molecule has 3 nitrogen and oxygen atoms in total. The lowest BCUT2D eigenvalue weighted by Crippen LogP contribution is -2.10. The highest BCUT2D eigenvalue weighted by atomic mass is 79.9. The van der Waals surface area contributed by atoms with Gasteiger partial charge in [0.25, 0.3) is 0 Å². The lowest BCUT2D eigenvalue weighted by molar-refractivity contribution is 0.199. The van der Waals surface area contributed by atoms with Crippen molar-refractivity contribution in [3.05, 3.63) is 51.3 Å². The number of nitrogens with zero attached hydrogens (tertiary/aromatic N) is 2. The van der Waals surface area contributed by atoms with Crippen molar-refractivity contribution in [2.24, 2.45) is 7.05 Å². The van der Waals surface area contributed by atoms with E-state index in [4.69, 9.17) is 0 Å². The molecule has 2 aromatic rings. The number of hydrogen-bond acceptors (Lipinski definition) is 2. The zero-order chi connectivity index (χ0) is 13.4. The summed E-state index contributed by atoms with van der Waals surface area (Å²) in [7, 11) is 1.61. The molecule has 0 aliphatic heterocycles. The Morgan fingerprint density at radius 2 is 2.06 bits per heavy atom. The van der Waals surface area contributed by atoms with Gasteiger partial charge in [-0.3, -0.25) is 4.68 Å². The van der Waals surface area contributed by atoms with E-state index < -0.39 is 17.7 Å². The highest BCUT2D eigenvalue weighted by Crippen LogP contribution is 2.30. The first-order valence-electron chi connectivity index (χ1n) is 5.23. The summed E-state index contributed by atoms with van der Waals surface area (Å²) in [6, 6.07) is 3.95. The summed E-state index contributed by atoms with van der Waals surface area (Å²) >= 11 is 2.97. The van der Waals surface area contributed by atoms with E-state index in [2.05, 4.69) is 21.0 Å². The van der Waals surface area contributed by atoms with Gasteiger partial charge < -0.3 is 5.11 Å². The Kier molecular flexibility index (Phi) is 3.49. The molecule has 0 aliphatic carbocycles. The minimum Gasteiger partial charge on any atom is -0.382 e. The molecule has 0 spiro atoms. The molecular formula is C12H11BrF2N2O. The van der Waals surface area contributed by atoms with Gasteiger partial charge in [-0.05, 0) is 41.1 Å². The molecule has 6 heteroatoms. The second-order valence-electron chi connectivity index (χ2n) is 3.99. The highest BCUT2D eigenvalue weighted by molar-refractivity contribution is 9.10. The highest BCUT2D eigenvalue weighted by Gasteiger charge is 2.24. The summed E-state index contributed by atoms with van der Waals surface area (Å²) in [5.41, 5.74) is 0.623. The van der Waals surface area contributed by atoms with Gasteiger partial charge in [0.2, 0.25) is 0 Å². The first-order valence-corrected chi connectivity index (χ1v) is 6.03. The maximum atomic E-state index is 13.9. The van der Waals surface area contributed by atoms with E-state index in [1.54, 1.807) is 20.0 Å². The molecule has 1 atom stereocenters. The standard InChI is InChI=1S/C12H11BrF2N2O/c1-6-5-9(17(2)16-6)12(18)10-8(14)4-3-7(13)11(10)15/h3-5,12,18H,1-2H3. The van der Waals surface area contributed by atoms with Crippen LogP contribution in [0.25, 0.3) is 0 Å². The van der Waals surface area contributed by atoms with Gasteiger partial charge in [-0.25, -0.2) is 8.78 Å². The molecule has 1 heterocycles. The number of aromatic nitrogens is 2. The van der Waals surface area contributed by atoms with E-state index in [-0.39, 0.29) is 10.0 Å². The van der Waals surface area contributed by atoms with Crippen molar-refractivity contribution >= 4 is 15.9 Å². The number of hydrogen-bond donors (Lipinski definition) is 1. The third kappa shape index (κ3) is 2.18. The van der Waals surface area contributed by atoms with Gasteiger partial charge in [-0.2, -0.15) is 5.10 Å². The molecule has 0 amide bonds. The number of aliphatic hydroxyl groups is 1. The fourth-order valence-electron chi connectivity index (χ4n) is 1.83. The van der Waals surface area contributed by atoms with E-state index in [0.29, 0.717) is 11.4 Å². The van der Waals surface area contributed by atoms with Crippen molar-refractivity contribution in [3.8, 4) is 0 Å². The molecular weight excluding hydrogens is 306 g/mol. The topological polar surface area (TPSA) is 38.0 Å². The molecule has 0 saturated heterocycles. The van der Waals surface area contributed by atoms with Crippen molar-refractivity contribution in [1.82, 2.24) is 9.78 Å². The van der Waals surface area contributed by atoms with E-state index in [0.717, 1.165) is 6.07 Å². The zero-order valence-corrected chi connectivity index (χ0v) is 11.4. The molecule has 96 valence electrons. The Morgan fingerprint density at radius 3 is 2.61 bits per heavy atom. The lowest BCUT2D eigenvalue weighted by Gasteiger charge is -2.14. The smallest absolute Gasteiger partial charge is 0.146 e. The number of benzene rings is 1. The Balaban J connectivity index is 2.56. The summed E-state index contributed by atoms with van der Waals surface area (Å²) in [6.07, 6.45) is -1.39. The van der Waals surface area contributed by atoms with Crippen LogP contribution >= 0.6 is 15.9 Å². The first-order chi connectivity index (χ1) is 8.41. The predicted molar refractivity (Wildman–Crippen MR) is 66.1 cm³/mol. The van der Waals surface area contributed by atoms with Crippen LogP contribution in [0.4, 0.5) is 8.78 Å². The Morgan fingerprint density at radius 1 is 1.39 bits per heavy atom. The first kappa shape index (κ1) is 13.2. The van der Waals surface area contributed by atoms with Crippen LogP contribution in [0.3, 0.4) is 0 Å². The van der Waals surface area contributed by atoms with E-state index in [1.165, 1.54) is 10.7 Å². The van der Waals surface area contributed by atoms with Crippen LogP contribution in [-0.4, -0.2) is 14.9 Å². The summed E-state index contributed by atoms with van der Waals surface area (Å²) in [4.78, 5) is 0. The van der Waals surface area contributed by atoms with Crippen molar-refractivity contribution < 1.29 is 13.9 Å². The van der Waals surface area contributed by atoms with Gasteiger partial charge in [0.15, 0.2) is 0 Å². The third-order valence-corrected chi connectivity index (χ3v) is 3.28. The quantitative estimate of drug-likeness (QED) is 0.865. The largest absolute Gasteiger partial charge is 0.382 e. The van der Waals surface area contributed by atoms with Crippen LogP contribution < -0.4 is 0 Å². The average molecular weight is 317 g/mol. The van der Waals surface area contributed by atoms with Crippen LogP contribution in [0.15, 0.2) is 22.7 Å². The third-order valence-electron chi connectivity index (χ3n) is 2.67. The number of aryl methyl sites for hydroxylation is 2. The van der Waals surface area contributed by atoms with E-state index in [1.807, 2.05) is 0 Å². The monoisotopic (exact) mass is 316 g/mol. The van der Waals surface area contributed by atoms with Crippen LogP contribution in [0.1, 0.15) is 23.1 Å². The molecule has 1 aromatic heterocycles. The Labute approximate surface area is 111 Å². The minimum atomic E-state index is -1.39. The van der Waals surface area contributed by atoms with Gasteiger partial charge in [0.1, 0.15) is 17.7 Å². The van der Waals surface area contributed by atoms with Gasteiger partial charge in [-0.1, -0.05) is 0 Å². The molecule has 0 radical (unpaired) electrons. The van der Waals surface area contributed by atoms with Gasteiger partial charge >= 0.3 is 0 Å². The van der Waals surface area contributed by atoms with Crippen molar-refractivity contribution in [3.63, 3.8) is 0 Å². The van der Waals surface area contributed by atoms with Gasteiger partial charge in [-0.15, -0.1) is 0 Å². The van der Waals surface area contributed by atoms with E-state index >= 15 is 0 Å². The van der Waals surface area contributed by atoms with Gasteiger partial charge in [0, 0.05) is 7.05 Å². The molecule has 18 heavy (non-hydrogen) atoms. The fraction of sp³-hybridized carbons (Fsp3) is 0.250. The second kappa shape index (κ2) is 4.78. The summed E-state index contributed by atoms with van der Waals surface area (Å²) in [5, 5.41) is 14.1. The molecule has 0 fully saturated rings. The summed E-state index contributed by atoms with van der Waals surface area (Å²) in [6.45, 7) is 1.74. The molecule has 1 unspecified atom stereocenters. The van der Waals surface area contributed by atoms with Crippen LogP contribution in [0.5, 0.6) is 0 Å². The fourth-order valence-corrected chi connectivity index (χ4v) is 2.17. The second-order valence-corrected chi connectivity index (χ2v) is 4.85. The summed E-state index contributed by atoms with van der Waals surface area (Å²) < 4.78 is 29.0. The van der Waals surface area contributed by atoms with Crippen LogP contribution in [-0.2, 0) is 7.05 Å². The average Bonchev–Trinajstić information content (AvgIpc) is 2.63. The molecule has 1 N–H and O–H groups in total. The summed E-state index contributed by atoms with van der Waals surface area (Å²) in [5.74, 6) is -1.59. The maximum Gasteiger partial charge on any atom is 0.146 e. The normalized spacial score (nSPS) is 12.8. The number of halogens is 3. The molecule has 0 aliphatic rings. The molecule has 0 saturated carbocycles. The van der Waals surface area contributed by atoms with E-state index in [9.17, 15) is 13.9 Å². The number of aliphatic hydroxyl groups excluding tert-OH is 1. The Hall–Kier alpha value is -1.27. The molecule has 2 rings (SSSR count). The van der Waals surface area contributed by atoms with Crippen LogP contribution in [0.2, 0.25) is 0 Å². The van der Waals surface area contributed by atoms with Gasteiger partial charge in [0.05, 0.1) is 21.4 Å². The molecule has 1 aromatic carbocycles.